The van der Waals surface area contributed by atoms with Crippen LogP contribution in [0.1, 0.15) is 72.6 Å². The fourth-order valence-electron chi connectivity index (χ4n) is 8.53. The number of hydrogen-bond donors (Lipinski definition) is 1. The predicted octanol–water partition coefficient (Wildman–Crippen LogP) is 4.23. The molecule has 168 valence electrons. The van der Waals surface area contributed by atoms with E-state index in [2.05, 4.69) is 26.8 Å². The molecule has 0 bridgehead atoms. The summed E-state index contributed by atoms with van der Waals surface area (Å²) in [5.74, 6) is 1.07. The van der Waals surface area contributed by atoms with Crippen LogP contribution in [-0.4, -0.2) is 42.3 Å². The zero-order chi connectivity index (χ0) is 21.3. The van der Waals surface area contributed by atoms with Crippen molar-refractivity contribution in [1.82, 2.24) is 0 Å². The number of fused-ring (bicyclic) bond motifs is 5. The number of allylic oxidation sites excluding steroid dienone is 1. The average molecular weight is 419 g/mol. The van der Waals surface area contributed by atoms with Gasteiger partial charge in [-0.3, -0.25) is 4.79 Å². The molecule has 3 saturated carbocycles. The zero-order valence-electron chi connectivity index (χ0n) is 19.0. The summed E-state index contributed by atoms with van der Waals surface area (Å²) in [4.78, 5) is 12.2. The van der Waals surface area contributed by atoms with Crippen molar-refractivity contribution in [3.05, 3.63) is 11.6 Å². The molecule has 1 saturated heterocycles. The molecule has 0 amide bonds. The summed E-state index contributed by atoms with van der Waals surface area (Å²) in [5.41, 5.74) is 1.42. The van der Waals surface area contributed by atoms with Gasteiger partial charge in [-0.15, -0.1) is 0 Å². The minimum absolute atomic E-state index is 0.110. The smallest absolute Gasteiger partial charge is 0.302 e. The highest BCUT2D eigenvalue weighted by molar-refractivity contribution is 5.66. The van der Waals surface area contributed by atoms with E-state index in [0.717, 1.165) is 44.9 Å². The van der Waals surface area contributed by atoms with Crippen LogP contribution in [0.25, 0.3) is 0 Å². The van der Waals surface area contributed by atoms with Crippen LogP contribution in [0.4, 0.5) is 0 Å². The first-order valence-electron chi connectivity index (χ1n) is 12.0. The molecule has 4 fully saturated rings. The average Bonchev–Trinajstić information content (AvgIpc) is 3.27. The molecule has 0 aromatic rings. The van der Waals surface area contributed by atoms with Gasteiger partial charge in [0.15, 0.2) is 5.79 Å². The van der Waals surface area contributed by atoms with Gasteiger partial charge in [-0.05, 0) is 75.0 Å². The highest BCUT2D eigenvalue weighted by atomic mass is 16.7. The lowest BCUT2D eigenvalue weighted by Gasteiger charge is -2.60. The Morgan fingerprint density at radius 3 is 2.57 bits per heavy atom. The van der Waals surface area contributed by atoms with Crippen LogP contribution < -0.4 is 0 Å². The number of aliphatic hydroxyl groups excluding tert-OH is 1. The molecule has 5 aliphatic rings. The minimum atomic E-state index is -0.580. The van der Waals surface area contributed by atoms with Crippen LogP contribution in [-0.2, 0) is 19.0 Å². The maximum atomic E-state index is 12.2. The van der Waals surface area contributed by atoms with Crippen molar-refractivity contribution in [2.75, 3.05) is 13.2 Å². The Morgan fingerprint density at radius 1 is 1.13 bits per heavy atom. The molecule has 5 nitrogen and oxygen atoms in total. The normalized spacial score (nSPS) is 49.6. The molecular formula is C25H38O5. The van der Waals surface area contributed by atoms with Crippen molar-refractivity contribution in [3.8, 4) is 0 Å². The maximum absolute atomic E-state index is 12.2. The van der Waals surface area contributed by atoms with Gasteiger partial charge in [0.1, 0.15) is 6.10 Å². The van der Waals surface area contributed by atoms with Crippen LogP contribution in [0.2, 0.25) is 0 Å². The maximum Gasteiger partial charge on any atom is 0.302 e. The number of hydrogen-bond acceptors (Lipinski definition) is 5. The molecule has 5 rings (SSSR count). The Morgan fingerprint density at radius 2 is 1.87 bits per heavy atom. The van der Waals surface area contributed by atoms with Gasteiger partial charge in [0.05, 0.1) is 19.3 Å². The van der Waals surface area contributed by atoms with Crippen molar-refractivity contribution in [1.29, 1.82) is 0 Å². The molecule has 30 heavy (non-hydrogen) atoms. The zero-order valence-corrected chi connectivity index (χ0v) is 19.0. The fourth-order valence-corrected chi connectivity index (χ4v) is 8.53. The van der Waals surface area contributed by atoms with Crippen molar-refractivity contribution in [2.45, 2.75) is 90.6 Å². The van der Waals surface area contributed by atoms with Gasteiger partial charge in [0.2, 0.25) is 0 Å². The Labute approximate surface area is 180 Å². The van der Waals surface area contributed by atoms with E-state index >= 15 is 0 Å². The van der Waals surface area contributed by atoms with Crippen molar-refractivity contribution < 1.29 is 24.1 Å². The Balaban J connectivity index is 1.54. The molecule has 1 heterocycles. The topological polar surface area (TPSA) is 65.0 Å². The molecule has 5 heteroatoms. The molecule has 0 aromatic carbocycles. The summed E-state index contributed by atoms with van der Waals surface area (Å²) in [7, 11) is 0. The largest absolute Gasteiger partial charge is 0.462 e. The van der Waals surface area contributed by atoms with E-state index in [9.17, 15) is 9.90 Å². The second-order valence-corrected chi connectivity index (χ2v) is 11.2. The number of ether oxygens (including phenoxy) is 3. The van der Waals surface area contributed by atoms with Gasteiger partial charge in [-0.2, -0.15) is 0 Å². The number of carbonyl (C=O) groups excluding carboxylic acids is 1. The molecule has 4 aliphatic carbocycles. The molecule has 1 N–H and O–H groups in total. The lowest BCUT2D eigenvalue weighted by atomic mass is 9.46. The monoisotopic (exact) mass is 418 g/mol. The van der Waals surface area contributed by atoms with Gasteiger partial charge < -0.3 is 19.3 Å². The van der Waals surface area contributed by atoms with Crippen molar-refractivity contribution in [3.63, 3.8) is 0 Å². The second-order valence-electron chi connectivity index (χ2n) is 11.2. The first-order valence-corrected chi connectivity index (χ1v) is 12.0. The van der Waals surface area contributed by atoms with E-state index < -0.39 is 5.79 Å². The van der Waals surface area contributed by atoms with E-state index in [0.29, 0.717) is 31.0 Å². The third-order valence-electron chi connectivity index (χ3n) is 9.95. The predicted molar refractivity (Wildman–Crippen MR) is 112 cm³/mol. The van der Waals surface area contributed by atoms with Gasteiger partial charge >= 0.3 is 5.97 Å². The van der Waals surface area contributed by atoms with Crippen molar-refractivity contribution >= 4 is 5.97 Å². The summed E-state index contributed by atoms with van der Waals surface area (Å²) >= 11 is 0. The number of esters is 1. The lowest BCUT2D eigenvalue weighted by Crippen LogP contribution is -2.59. The molecule has 0 radical (unpaired) electrons. The van der Waals surface area contributed by atoms with Crippen LogP contribution in [0.3, 0.4) is 0 Å². The third kappa shape index (κ3) is 2.87. The van der Waals surface area contributed by atoms with Gasteiger partial charge in [0, 0.05) is 18.3 Å². The fraction of sp³-hybridized carbons (Fsp3) is 0.880. The van der Waals surface area contributed by atoms with Gasteiger partial charge in [-0.25, -0.2) is 0 Å². The number of rotatable bonds is 2. The summed E-state index contributed by atoms with van der Waals surface area (Å²) in [6.07, 6.45) is 9.05. The Bertz CT molecular complexity index is 740. The first-order chi connectivity index (χ1) is 14.2. The van der Waals surface area contributed by atoms with Crippen LogP contribution in [0, 0.1) is 34.5 Å². The summed E-state index contributed by atoms with van der Waals surface area (Å²) in [6.45, 7) is 9.68. The number of carbonyl (C=O) groups is 1. The molecular weight excluding hydrogens is 380 g/mol. The Hall–Kier alpha value is -0.910. The van der Waals surface area contributed by atoms with Crippen molar-refractivity contribution in [2.24, 2.45) is 34.5 Å². The van der Waals surface area contributed by atoms with Gasteiger partial charge in [0.25, 0.3) is 0 Å². The molecule has 4 unspecified atom stereocenters. The summed E-state index contributed by atoms with van der Waals surface area (Å²) in [5, 5.41) is 10.3. The molecule has 0 aromatic heterocycles. The number of aliphatic hydroxyl groups is 1. The first kappa shape index (κ1) is 21.0. The Kier molecular flexibility index (Phi) is 4.92. The van der Waals surface area contributed by atoms with E-state index in [4.69, 9.17) is 14.2 Å². The summed E-state index contributed by atoms with van der Waals surface area (Å²) in [6, 6.07) is 0. The highest BCUT2D eigenvalue weighted by Crippen LogP contribution is 2.68. The SMILES string of the molecule is CC(=O)O[C@@H]1CC2C(CC=C3C[C@@H](O)CC[C@@]32C)C2CCC(C3(C)OCCO3)[C@]21C. The van der Waals surface area contributed by atoms with E-state index in [-0.39, 0.29) is 34.9 Å². The van der Waals surface area contributed by atoms with Crippen LogP contribution >= 0.6 is 0 Å². The molecule has 1 aliphatic heterocycles. The third-order valence-corrected chi connectivity index (χ3v) is 9.95. The quantitative estimate of drug-likeness (QED) is 0.537. The van der Waals surface area contributed by atoms with Crippen LogP contribution in [0.5, 0.6) is 0 Å². The van der Waals surface area contributed by atoms with E-state index in [1.165, 1.54) is 5.57 Å². The molecule has 8 atom stereocenters. The standard InChI is InChI=1S/C25H38O5/c1-15(26)30-22-14-20-18(6-5-16-13-17(27)9-10-23(16,20)2)19-7-8-21(24(19,22)3)25(4)28-11-12-29-25/h5,17-22,27H,6-14H2,1-4H3/t17-,18?,19?,20?,21?,22+,23-,24-/m0/s1. The van der Waals surface area contributed by atoms with E-state index in [1.54, 1.807) is 6.92 Å². The highest BCUT2D eigenvalue weighted by Gasteiger charge is 2.67. The van der Waals surface area contributed by atoms with Gasteiger partial charge in [-0.1, -0.05) is 25.5 Å². The van der Waals surface area contributed by atoms with Crippen LogP contribution in [0.15, 0.2) is 11.6 Å². The summed E-state index contributed by atoms with van der Waals surface area (Å²) < 4.78 is 18.4. The second kappa shape index (κ2) is 7.05. The minimum Gasteiger partial charge on any atom is -0.462 e. The lowest BCUT2D eigenvalue weighted by molar-refractivity contribution is -0.240. The molecule has 0 spiro atoms. The van der Waals surface area contributed by atoms with E-state index in [1.807, 2.05) is 0 Å².